The molecule has 5 nitrogen and oxygen atoms in total. The Hall–Kier alpha value is -1.43. The summed E-state index contributed by atoms with van der Waals surface area (Å²) in [4.78, 5) is 24.7. The molecule has 1 aliphatic rings. The fourth-order valence-electron chi connectivity index (χ4n) is 1.95. The molecule has 1 saturated heterocycles. The summed E-state index contributed by atoms with van der Waals surface area (Å²) < 4.78 is 5.23. The van der Waals surface area contributed by atoms with Gasteiger partial charge in [-0.15, -0.1) is 0 Å². The van der Waals surface area contributed by atoms with Crippen LogP contribution in [0.5, 0.6) is 0 Å². The number of carbonyl (C=O) groups excluding carboxylic acids is 1. The van der Waals surface area contributed by atoms with E-state index in [1.165, 1.54) is 12.1 Å². The number of nitrogens with zero attached hydrogens (tertiary/aromatic N) is 1. The largest absolute Gasteiger partial charge is 0.475 e. The van der Waals surface area contributed by atoms with Crippen LogP contribution in [0.2, 0.25) is 0 Å². The van der Waals surface area contributed by atoms with E-state index in [9.17, 15) is 9.59 Å². The predicted molar refractivity (Wildman–Crippen MR) is 72.7 cm³/mol. The van der Waals surface area contributed by atoms with Crippen molar-refractivity contribution in [2.45, 2.75) is 25.0 Å². The Kier molecular flexibility index (Phi) is 3.89. The van der Waals surface area contributed by atoms with Gasteiger partial charge in [0.25, 0.3) is 5.91 Å². The summed E-state index contributed by atoms with van der Waals surface area (Å²) in [6.07, 6.45) is 0.913. The Morgan fingerprint density at radius 3 is 2.63 bits per heavy atom. The summed E-state index contributed by atoms with van der Waals surface area (Å²) >= 11 is 1.85. The van der Waals surface area contributed by atoms with Crippen molar-refractivity contribution in [2.75, 3.05) is 18.8 Å². The van der Waals surface area contributed by atoms with Crippen molar-refractivity contribution in [1.29, 1.82) is 0 Å². The van der Waals surface area contributed by atoms with Gasteiger partial charge in [0.1, 0.15) is 0 Å². The summed E-state index contributed by atoms with van der Waals surface area (Å²) in [6.45, 7) is 5.67. The minimum Gasteiger partial charge on any atom is -0.475 e. The molecule has 0 aromatic carbocycles. The highest BCUT2D eigenvalue weighted by atomic mass is 32.2. The number of hydrogen-bond donors (Lipinski definition) is 1. The number of carboxylic acid groups (broad SMARTS) is 1. The molecular weight excluding hydrogens is 266 g/mol. The molecule has 1 N–H and O–H groups in total. The van der Waals surface area contributed by atoms with Crippen LogP contribution in [0.25, 0.3) is 0 Å². The van der Waals surface area contributed by atoms with Gasteiger partial charge in [-0.2, -0.15) is 11.8 Å². The second-order valence-electron chi connectivity index (χ2n) is 5.12. The molecule has 0 bridgehead atoms. The monoisotopic (exact) mass is 283 g/mol. The molecule has 0 unspecified atom stereocenters. The third kappa shape index (κ3) is 3.32. The summed E-state index contributed by atoms with van der Waals surface area (Å²) in [7, 11) is 0. The molecule has 1 aliphatic heterocycles. The highest BCUT2D eigenvalue weighted by Crippen LogP contribution is 2.31. The lowest BCUT2D eigenvalue weighted by atomic mass is 10.1. The van der Waals surface area contributed by atoms with Crippen LogP contribution in [0.15, 0.2) is 16.5 Å². The van der Waals surface area contributed by atoms with Crippen LogP contribution in [0.3, 0.4) is 0 Å². The average Bonchev–Trinajstić information content (AvgIpc) is 2.75. The minimum atomic E-state index is -1.16. The van der Waals surface area contributed by atoms with Gasteiger partial charge in [-0.25, -0.2) is 4.79 Å². The molecule has 1 fully saturated rings. The van der Waals surface area contributed by atoms with Crippen LogP contribution in [0.4, 0.5) is 0 Å². The summed E-state index contributed by atoms with van der Waals surface area (Å²) in [5, 5.41) is 8.78. The molecule has 0 aliphatic carbocycles. The molecule has 0 radical (unpaired) electrons. The summed E-state index contributed by atoms with van der Waals surface area (Å²) in [6, 6.07) is 2.74. The van der Waals surface area contributed by atoms with Gasteiger partial charge in [-0.3, -0.25) is 4.79 Å². The van der Waals surface area contributed by atoms with Crippen LogP contribution in [0.1, 0.15) is 41.4 Å². The van der Waals surface area contributed by atoms with Crippen LogP contribution in [-0.4, -0.2) is 45.5 Å². The Morgan fingerprint density at radius 1 is 1.32 bits per heavy atom. The number of rotatable bonds is 2. The highest BCUT2D eigenvalue weighted by Gasteiger charge is 2.28. The smallest absolute Gasteiger partial charge is 0.371 e. The lowest BCUT2D eigenvalue weighted by molar-refractivity contribution is 0.0651. The Balaban J connectivity index is 2.08. The van der Waals surface area contributed by atoms with Crippen LogP contribution in [-0.2, 0) is 0 Å². The molecule has 1 aromatic heterocycles. The molecule has 2 rings (SSSR count). The summed E-state index contributed by atoms with van der Waals surface area (Å²) in [5.41, 5.74) is 0. The number of aromatic carboxylic acids is 1. The van der Waals surface area contributed by atoms with E-state index in [4.69, 9.17) is 9.52 Å². The molecule has 1 aromatic rings. The standard InChI is InChI=1S/C13H17NO4S/c1-13(2)5-6-14(7-8-19-13)11(15)9-3-4-10(18-9)12(16)17/h3-4H,5-8H2,1-2H3,(H,16,17). The minimum absolute atomic E-state index is 0.0992. The van der Waals surface area contributed by atoms with Crippen molar-refractivity contribution in [3.63, 3.8) is 0 Å². The number of carbonyl (C=O) groups is 2. The van der Waals surface area contributed by atoms with E-state index in [0.29, 0.717) is 13.1 Å². The molecule has 104 valence electrons. The van der Waals surface area contributed by atoms with Gasteiger partial charge in [-0.1, -0.05) is 13.8 Å². The van der Waals surface area contributed by atoms with Gasteiger partial charge in [-0.05, 0) is 18.6 Å². The topological polar surface area (TPSA) is 70.8 Å². The first kappa shape index (κ1) is 14.0. The maximum atomic E-state index is 12.2. The normalized spacial score (nSPS) is 18.9. The number of thioether (sulfide) groups is 1. The molecule has 0 atom stereocenters. The fourth-order valence-corrected chi connectivity index (χ4v) is 3.05. The van der Waals surface area contributed by atoms with Crippen LogP contribution in [0, 0.1) is 0 Å². The molecule has 19 heavy (non-hydrogen) atoms. The van der Waals surface area contributed by atoms with Crippen molar-refractivity contribution in [2.24, 2.45) is 0 Å². The molecular formula is C13H17NO4S. The average molecular weight is 283 g/mol. The van der Waals surface area contributed by atoms with E-state index in [-0.39, 0.29) is 22.2 Å². The van der Waals surface area contributed by atoms with E-state index in [2.05, 4.69) is 13.8 Å². The fraction of sp³-hybridized carbons (Fsp3) is 0.538. The van der Waals surface area contributed by atoms with Gasteiger partial charge in [0, 0.05) is 23.6 Å². The van der Waals surface area contributed by atoms with Gasteiger partial charge in [0.15, 0.2) is 5.76 Å². The molecule has 0 spiro atoms. The molecule has 0 saturated carbocycles. The van der Waals surface area contributed by atoms with Crippen molar-refractivity contribution >= 4 is 23.6 Å². The van der Waals surface area contributed by atoms with Crippen molar-refractivity contribution in [1.82, 2.24) is 4.90 Å². The first-order chi connectivity index (χ1) is 8.89. The lowest BCUT2D eigenvalue weighted by Gasteiger charge is -2.22. The van der Waals surface area contributed by atoms with E-state index >= 15 is 0 Å². The zero-order chi connectivity index (χ0) is 14.0. The first-order valence-corrected chi connectivity index (χ1v) is 7.14. The third-order valence-corrected chi connectivity index (χ3v) is 4.52. The SMILES string of the molecule is CC1(C)CCN(C(=O)c2ccc(C(=O)O)o2)CCS1. The molecule has 2 heterocycles. The van der Waals surface area contributed by atoms with Crippen molar-refractivity contribution in [3.8, 4) is 0 Å². The number of amides is 1. The van der Waals surface area contributed by atoms with Crippen molar-refractivity contribution < 1.29 is 19.1 Å². The second-order valence-corrected chi connectivity index (χ2v) is 6.92. The lowest BCUT2D eigenvalue weighted by Crippen LogP contribution is -2.33. The van der Waals surface area contributed by atoms with Crippen LogP contribution >= 0.6 is 11.8 Å². The Labute approximate surface area is 116 Å². The third-order valence-electron chi connectivity index (χ3n) is 3.15. The maximum absolute atomic E-state index is 12.2. The number of carboxylic acids is 1. The highest BCUT2D eigenvalue weighted by molar-refractivity contribution is 8.00. The first-order valence-electron chi connectivity index (χ1n) is 6.15. The zero-order valence-corrected chi connectivity index (χ0v) is 11.8. The number of furan rings is 1. The predicted octanol–water partition coefficient (Wildman–Crippen LogP) is 2.34. The maximum Gasteiger partial charge on any atom is 0.371 e. The van der Waals surface area contributed by atoms with E-state index in [0.717, 1.165) is 12.2 Å². The van der Waals surface area contributed by atoms with E-state index in [1.807, 2.05) is 11.8 Å². The molecule has 1 amide bonds. The Bertz CT molecular complexity index is 495. The van der Waals surface area contributed by atoms with Gasteiger partial charge >= 0.3 is 5.97 Å². The Morgan fingerprint density at radius 2 is 2.00 bits per heavy atom. The van der Waals surface area contributed by atoms with Gasteiger partial charge in [0.2, 0.25) is 5.76 Å². The quantitative estimate of drug-likeness (QED) is 0.902. The van der Waals surface area contributed by atoms with Crippen molar-refractivity contribution in [3.05, 3.63) is 23.7 Å². The number of hydrogen-bond acceptors (Lipinski definition) is 4. The molecule has 6 heteroatoms. The van der Waals surface area contributed by atoms with Crippen LogP contribution < -0.4 is 0 Å². The van der Waals surface area contributed by atoms with Gasteiger partial charge < -0.3 is 14.4 Å². The van der Waals surface area contributed by atoms with E-state index in [1.54, 1.807) is 4.90 Å². The summed E-state index contributed by atoms with van der Waals surface area (Å²) in [5.74, 6) is -0.613. The van der Waals surface area contributed by atoms with E-state index < -0.39 is 5.97 Å². The zero-order valence-electron chi connectivity index (χ0n) is 11.0. The second kappa shape index (κ2) is 5.28. The van der Waals surface area contributed by atoms with Gasteiger partial charge in [0.05, 0.1) is 0 Å².